The minimum Gasteiger partial charge on any atom is -0.384 e. The van der Waals surface area contributed by atoms with Crippen LogP contribution in [0.25, 0.3) is 0 Å². The highest BCUT2D eigenvalue weighted by atomic mass is 19.4. The van der Waals surface area contributed by atoms with Gasteiger partial charge in [0.2, 0.25) is 0 Å². The van der Waals surface area contributed by atoms with Gasteiger partial charge in [0.15, 0.2) is 6.10 Å². The first kappa shape index (κ1) is 11.6. The van der Waals surface area contributed by atoms with Crippen molar-refractivity contribution in [1.82, 2.24) is 4.98 Å². The van der Waals surface area contributed by atoms with E-state index >= 15 is 0 Å². The lowest BCUT2D eigenvalue weighted by atomic mass is 10.3. The minimum absolute atomic E-state index is 0.196. The molecule has 0 aromatic carbocycles. The van der Waals surface area contributed by atoms with Crippen molar-refractivity contribution in [2.45, 2.75) is 12.3 Å². The van der Waals surface area contributed by atoms with Crippen molar-refractivity contribution < 1.29 is 18.3 Å². The number of nitrogens with one attached hydrogen (secondary N) is 1. The summed E-state index contributed by atoms with van der Waals surface area (Å²) in [5, 5.41) is 11.1. The Labute approximate surface area is 83.9 Å². The fourth-order valence-electron chi connectivity index (χ4n) is 0.889. The van der Waals surface area contributed by atoms with Crippen LogP contribution in [0.2, 0.25) is 0 Å². The molecule has 1 atom stereocenters. The Kier molecular flexibility index (Phi) is 3.35. The van der Waals surface area contributed by atoms with Gasteiger partial charge >= 0.3 is 6.18 Å². The van der Waals surface area contributed by atoms with Gasteiger partial charge < -0.3 is 16.2 Å². The molecular weight excluding hydrogens is 211 g/mol. The van der Waals surface area contributed by atoms with Gasteiger partial charge in [0.05, 0.1) is 0 Å². The Bertz CT molecular complexity index is 329. The predicted molar refractivity (Wildman–Crippen MR) is 49.2 cm³/mol. The van der Waals surface area contributed by atoms with Crippen LogP contribution >= 0.6 is 0 Å². The second-order valence-corrected chi connectivity index (χ2v) is 2.91. The van der Waals surface area contributed by atoms with E-state index < -0.39 is 18.8 Å². The average molecular weight is 221 g/mol. The second-order valence-electron chi connectivity index (χ2n) is 2.91. The number of aliphatic hydroxyl groups excluding tert-OH is 1. The van der Waals surface area contributed by atoms with Crippen LogP contribution in [0.15, 0.2) is 18.3 Å². The van der Waals surface area contributed by atoms with Crippen LogP contribution in [0.4, 0.5) is 24.7 Å². The summed E-state index contributed by atoms with van der Waals surface area (Å²) in [5.41, 5.74) is 5.70. The molecular formula is C8H10F3N3O. The van der Waals surface area contributed by atoms with Gasteiger partial charge in [0, 0.05) is 24.5 Å². The molecule has 0 aliphatic rings. The van der Waals surface area contributed by atoms with Crippen molar-refractivity contribution in [2.75, 3.05) is 17.6 Å². The number of nitrogen functional groups attached to an aromatic ring is 1. The maximum atomic E-state index is 11.9. The van der Waals surface area contributed by atoms with E-state index in [1.807, 2.05) is 0 Å². The highest BCUT2D eigenvalue weighted by molar-refractivity contribution is 5.49. The molecule has 4 N–H and O–H groups in total. The molecule has 1 unspecified atom stereocenters. The molecule has 1 aromatic rings. The number of hydrogen-bond acceptors (Lipinski definition) is 4. The van der Waals surface area contributed by atoms with Crippen LogP contribution in [0, 0.1) is 0 Å². The first-order chi connectivity index (χ1) is 6.89. The van der Waals surface area contributed by atoms with Crippen molar-refractivity contribution in [2.24, 2.45) is 0 Å². The Balaban J connectivity index is 2.51. The van der Waals surface area contributed by atoms with E-state index in [-0.39, 0.29) is 5.82 Å². The summed E-state index contributed by atoms with van der Waals surface area (Å²) in [7, 11) is 0. The first-order valence-corrected chi connectivity index (χ1v) is 4.10. The summed E-state index contributed by atoms with van der Waals surface area (Å²) in [4.78, 5) is 3.67. The summed E-state index contributed by atoms with van der Waals surface area (Å²) in [6.07, 6.45) is -5.66. The number of hydrogen-bond donors (Lipinski definition) is 3. The van der Waals surface area contributed by atoms with Gasteiger partial charge in [-0.1, -0.05) is 0 Å². The van der Waals surface area contributed by atoms with E-state index in [9.17, 15) is 13.2 Å². The van der Waals surface area contributed by atoms with E-state index in [2.05, 4.69) is 10.3 Å². The van der Waals surface area contributed by atoms with Crippen LogP contribution in [0.1, 0.15) is 0 Å². The highest BCUT2D eigenvalue weighted by Gasteiger charge is 2.37. The van der Waals surface area contributed by atoms with Crippen molar-refractivity contribution in [3.8, 4) is 0 Å². The molecule has 0 saturated heterocycles. The molecule has 84 valence electrons. The van der Waals surface area contributed by atoms with Gasteiger partial charge in [-0.2, -0.15) is 13.2 Å². The smallest absolute Gasteiger partial charge is 0.384 e. The summed E-state index contributed by atoms with van der Waals surface area (Å²) >= 11 is 0. The van der Waals surface area contributed by atoms with Crippen molar-refractivity contribution in [1.29, 1.82) is 0 Å². The molecule has 1 heterocycles. The Morgan fingerprint density at radius 1 is 1.53 bits per heavy atom. The molecule has 0 aliphatic carbocycles. The summed E-state index contributed by atoms with van der Waals surface area (Å²) in [5.74, 6) is 0.196. The van der Waals surface area contributed by atoms with Crippen LogP contribution in [-0.2, 0) is 0 Å². The zero-order chi connectivity index (χ0) is 11.5. The van der Waals surface area contributed by atoms with Gasteiger partial charge in [-0.3, -0.25) is 0 Å². The molecule has 4 nitrogen and oxygen atoms in total. The normalized spacial score (nSPS) is 13.6. The van der Waals surface area contributed by atoms with E-state index in [0.717, 1.165) is 0 Å². The topological polar surface area (TPSA) is 71.2 Å². The fourth-order valence-corrected chi connectivity index (χ4v) is 0.889. The Morgan fingerprint density at radius 2 is 2.20 bits per heavy atom. The molecule has 15 heavy (non-hydrogen) atoms. The second kappa shape index (κ2) is 4.35. The Morgan fingerprint density at radius 3 is 2.73 bits per heavy atom. The fraction of sp³-hybridized carbons (Fsp3) is 0.375. The summed E-state index contributed by atoms with van der Waals surface area (Å²) < 4.78 is 35.7. The van der Waals surface area contributed by atoms with Gasteiger partial charge in [0.25, 0.3) is 0 Å². The van der Waals surface area contributed by atoms with Crippen LogP contribution in [0.3, 0.4) is 0 Å². The maximum Gasteiger partial charge on any atom is 0.416 e. The van der Waals surface area contributed by atoms with E-state index in [1.54, 1.807) is 0 Å². The third-order valence-electron chi connectivity index (χ3n) is 1.66. The van der Waals surface area contributed by atoms with E-state index in [1.165, 1.54) is 18.3 Å². The average Bonchev–Trinajstić information content (AvgIpc) is 2.12. The number of aromatic nitrogens is 1. The minimum atomic E-state index is -4.62. The molecule has 0 aliphatic heterocycles. The molecule has 0 fully saturated rings. The molecule has 0 saturated carbocycles. The van der Waals surface area contributed by atoms with Gasteiger partial charge in [0.1, 0.15) is 5.82 Å². The zero-order valence-electron chi connectivity index (χ0n) is 7.62. The number of rotatable bonds is 3. The SMILES string of the molecule is Nc1cc(NCC(O)C(F)(F)F)ccn1. The third kappa shape index (κ3) is 3.62. The molecule has 0 bridgehead atoms. The molecule has 1 aromatic heterocycles. The number of alkyl halides is 3. The molecule has 0 amide bonds. The summed E-state index contributed by atoms with van der Waals surface area (Å²) in [6, 6.07) is 2.84. The Hall–Kier alpha value is -1.50. The van der Waals surface area contributed by atoms with E-state index in [0.29, 0.717) is 5.69 Å². The monoisotopic (exact) mass is 221 g/mol. The van der Waals surface area contributed by atoms with Crippen LogP contribution in [-0.4, -0.2) is 28.9 Å². The molecule has 1 rings (SSSR count). The lowest BCUT2D eigenvalue weighted by molar-refractivity contribution is -0.198. The van der Waals surface area contributed by atoms with Gasteiger partial charge in [-0.05, 0) is 6.07 Å². The standard InChI is InChI=1S/C8H10F3N3O/c9-8(10,11)6(15)4-14-5-1-2-13-7(12)3-5/h1-3,6,15H,4H2,(H3,12,13,14). The number of nitrogens with zero attached hydrogens (tertiary/aromatic N) is 1. The van der Waals surface area contributed by atoms with Crippen molar-refractivity contribution >= 4 is 11.5 Å². The number of halogens is 3. The van der Waals surface area contributed by atoms with Gasteiger partial charge in [-0.15, -0.1) is 0 Å². The molecule has 7 heteroatoms. The molecule has 0 spiro atoms. The largest absolute Gasteiger partial charge is 0.416 e. The van der Waals surface area contributed by atoms with Crippen LogP contribution < -0.4 is 11.1 Å². The number of nitrogens with two attached hydrogens (primary N) is 1. The van der Waals surface area contributed by atoms with E-state index in [4.69, 9.17) is 10.8 Å². The third-order valence-corrected chi connectivity index (χ3v) is 1.66. The first-order valence-electron chi connectivity index (χ1n) is 4.10. The molecule has 0 radical (unpaired) electrons. The number of anilines is 2. The quantitative estimate of drug-likeness (QED) is 0.712. The van der Waals surface area contributed by atoms with Crippen molar-refractivity contribution in [3.63, 3.8) is 0 Å². The lowest BCUT2D eigenvalue weighted by Crippen LogP contribution is -2.35. The van der Waals surface area contributed by atoms with Gasteiger partial charge in [-0.25, -0.2) is 4.98 Å². The van der Waals surface area contributed by atoms with Crippen molar-refractivity contribution in [3.05, 3.63) is 18.3 Å². The van der Waals surface area contributed by atoms with Crippen LogP contribution in [0.5, 0.6) is 0 Å². The predicted octanol–water partition coefficient (Wildman–Crippen LogP) is 0.999. The summed E-state index contributed by atoms with van der Waals surface area (Å²) in [6.45, 7) is -0.618. The maximum absolute atomic E-state index is 11.9. The highest BCUT2D eigenvalue weighted by Crippen LogP contribution is 2.20. The zero-order valence-corrected chi connectivity index (χ0v) is 7.62. The lowest BCUT2D eigenvalue weighted by Gasteiger charge is -2.15. The number of aliphatic hydroxyl groups is 1. The number of pyridine rings is 1.